The lowest BCUT2D eigenvalue weighted by molar-refractivity contribution is -0.117. The first-order chi connectivity index (χ1) is 8.11. The van der Waals surface area contributed by atoms with Gasteiger partial charge in [0.2, 0.25) is 5.91 Å². The van der Waals surface area contributed by atoms with Gasteiger partial charge >= 0.3 is 0 Å². The van der Waals surface area contributed by atoms with Gasteiger partial charge in [0, 0.05) is 0 Å². The molecule has 0 bridgehead atoms. The number of nitrogens with zero attached hydrogens (tertiary/aromatic N) is 1. The number of nitrogens with two attached hydrogens (primary N) is 1. The highest BCUT2D eigenvalue weighted by Gasteiger charge is 2.12. The number of fused-ring (bicyclic) bond motifs is 1. The van der Waals surface area contributed by atoms with Crippen LogP contribution in [0.1, 0.15) is 6.92 Å². The van der Waals surface area contributed by atoms with E-state index >= 15 is 0 Å². The number of amides is 1. The predicted molar refractivity (Wildman–Crippen MR) is 75.7 cm³/mol. The SMILES string of the molecule is COc1cccc2sc(NC(=O)C(C)N)nc12.Cl. The molecule has 2 rings (SSSR count). The zero-order valence-electron chi connectivity index (χ0n) is 9.97. The summed E-state index contributed by atoms with van der Waals surface area (Å²) in [5, 5.41) is 3.20. The minimum Gasteiger partial charge on any atom is -0.494 e. The number of rotatable bonds is 3. The molecule has 0 spiro atoms. The highest BCUT2D eigenvalue weighted by atomic mass is 35.5. The Bertz CT molecular complexity index is 556. The molecule has 1 aromatic heterocycles. The molecular weight excluding hydrogens is 274 g/mol. The third kappa shape index (κ3) is 2.90. The fourth-order valence-corrected chi connectivity index (χ4v) is 2.25. The van der Waals surface area contributed by atoms with Crippen LogP contribution < -0.4 is 15.8 Å². The van der Waals surface area contributed by atoms with E-state index in [2.05, 4.69) is 10.3 Å². The minimum absolute atomic E-state index is 0. The van der Waals surface area contributed by atoms with Crippen LogP contribution in [-0.2, 0) is 4.79 Å². The number of ether oxygens (including phenoxy) is 1. The molecule has 3 N–H and O–H groups in total. The molecule has 0 fully saturated rings. The van der Waals surface area contributed by atoms with Gasteiger partial charge in [-0.05, 0) is 19.1 Å². The van der Waals surface area contributed by atoms with Crippen molar-refractivity contribution in [2.75, 3.05) is 12.4 Å². The van der Waals surface area contributed by atoms with Crippen LogP contribution in [0.2, 0.25) is 0 Å². The topological polar surface area (TPSA) is 77.2 Å². The summed E-state index contributed by atoms with van der Waals surface area (Å²) in [6.07, 6.45) is 0. The highest BCUT2D eigenvalue weighted by Crippen LogP contribution is 2.31. The summed E-state index contributed by atoms with van der Waals surface area (Å²) in [6, 6.07) is 5.09. The van der Waals surface area contributed by atoms with Gasteiger partial charge in [0.25, 0.3) is 0 Å². The Morgan fingerprint density at radius 1 is 1.56 bits per heavy atom. The summed E-state index contributed by atoms with van der Waals surface area (Å²) in [7, 11) is 1.59. The number of carbonyl (C=O) groups excluding carboxylic acids is 1. The summed E-state index contributed by atoms with van der Waals surface area (Å²) >= 11 is 1.39. The number of anilines is 1. The molecule has 0 saturated heterocycles. The van der Waals surface area contributed by atoms with Crippen molar-refractivity contribution < 1.29 is 9.53 Å². The van der Waals surface area contributed by atoms with Crippen molar-refractivity contribution in [1.82, 2.24) is 4.98 Å². The monoisotopic (exact) mass is 287 g/mol. The van der Waals surface area contributed by atoms with Gasteiger partial charge in [-0.2, -0.15) is 0 Å². The molecule has 98 valence electrons. The molecule has 1 heterocycles. The lowest BCUT2D eigenvalue weighted by atomic mass is 10.3. The van der Waals surface area contributed by atoms with E-state index in [9.17, 15) is 4.79 Å². The number of hydrogen-bond donors (Lipinski definition) is 2. The molecular formula is C11H14ClN3O2S. The molecule has 0 radical (unpaired) electrons. The number of halogens is 1. The van der Waals surface area contributed by atoms with Crippen LogP contribution in [0.25, 0.3) is 10.2 Å². The normalized spacial score (nSPS) is 11.7. The van der Waals surface area contributed by atoms with E-state index in [0.29, 0.717) is 10.9 Å². The molecule has 0 saturated carbocycles. The first kappa shape index (κ1) is 14.7. The Hall–Kier alpha value is -1.37. The van der Waals surface area contributed by atoms with E-state index in [0.717, 1.165) is 10.2 Å². The number of carbonyl (C=O) groups is 1. The molecule has 1 atom stereocenters. The smallest absolute Gasteiger partial charge is 0.242 e. The second-order valence-corrected chi connectivity index (χ2v) is 4.63. The van der Waals surface area contributed by atoms with Gasteiger partial charge in [-0.1, -0.05) is 17.4 Å². The van der Waals surface area contributed by atoms with Gasteiger partial charge < -0.3 is 15.8 Å². The zero-order chi connectivity index (χ0) is 12.4. The van der Waals surface area contributed by atoms with Crippen molar-refractivity contribution in [2.45, 2.75) is 13.0 Å². The molecule has 0 aliphatic heterocycles. The maximum absolute atomic E-state index is 11.4. The summed E-state index contributed by atoms with van der Waals surface area (Å²) in [5.41, 5.74) is 6.22. The largest absolute Gasteiger partial charge is 0.494 e. The van der Waals surface area contributed by atoms with E-state index < -0.39 is 6.04 Å². The number of thiazole rings is 1. The second-order valence-electron chi connectivity index (χ2n) is 3.60. The van der Waals surface area contributed by atoms with Crippen LogP contribution in [-0.4, -0.2) is 24.0 Å². The minimum atomic E-state index is -0.552. The van der Waals surface area contributed by atoms with Gasteiger partial charge in [0.15, 0.2) is 5.13 Å². The van der Waals surface area contributed by atoms with E-state index in [1.165, 1.54) is 11.3 Å². The molecule has 1 amide bonds. The van der Waals surface area contributed by atoms with Gasteiger partial charge in [-0.15, -0.1) is 12.4 Å². The van der Waals surface area contributed by atoms with Crippen LogP contribution in [0.3, 0.4) is 0 Å². The Morgan fingerprint density at radius 2 is 2.28 bits per heavy atom. The van der Waals surface area contributed by atoms with Crippen molar-refractivity contribution in [2.24, 2.45) is 5.73 Å². The predicted octanol–water partition coefficient (Wildman–Crippen LogP) is 2.01. The molecule has 2 aromatic rings. The number of methoxy groups -OCH3 is 1. The van der Waals surface area contributed by atoms with Crippen molar-refractivity contribution in [3.63, 3.8) is 0 Å². The maximum atomic E-state index is 11.4. The summed E-state index contributed by atoms with van der Waals surface area (Å²) in [4.78, 5) is 15.8. The van der Waals surface area contributed by atoms with E-state index in [-0.39, 0.29) is 18.3 Å². The third-order valence-electron chi connectivity index (χ3n) is 2.25. The lowest BCUT2D eigenvalue weighted by Crippen LogP contribution is -2.32. The number of nitrogens with one attached hydrogen (secondary N) is 1. The van der Waals surface area contributed by atoms with Crippen LogP contribution in [0, 0.1) is 0 Å². The molecule has 0 aliphatic rings. The maximum Gasteiger partial charge on any atom is 0.242 e. The first-order valence-corrected chi connectivity index (χ1v) is 5.93. The lowest BCUT2D eigenvalue weighted by Gasteiger charge is -2.03. The average Bonchev–Trinajstić information content (AvgIpc) is 2.70. The van der Waals surface area contributed by atoms with E-state index in [1.54, 1.807) is 14.0 Å². The molecule has 7 heteroatoms. The Morgan fingerprint density at radius 3 is 2.89 bits per heavy atom. The average molecular weight is 288 g/mol. The van der Waals surface area contributed by atoms with Gasteiger partial charge in [0.1, 0.15) is 11.3 Å². The third-order valence-corrected chi connectivity index (χ3v) is 3.18. The first-order valence-electron chi connectivity index (χ1n) is 5.12. The van der Waals surface area contributed by atoms with Crippen molar-refractivity contribution >= 4 is 45.0 Å². The number of aromatic nitrogens is 1. The van der Waals surface area contributed by atoms with Gasteiger partial charge in [0.05, 0.1) is 17.9 Å². The Balaban J connectivity index is 0.00000162. The molecule has 1 unspecified atom stereocenters. The summed E-state index contributed by atoms with van der Waals surface area (Å²) in [5.74, 6) is 0.447. The summed E-state index contributed by atoms with van der Waals surface area (Å²) in [6.45, 7) is 1.63. The highest BCUT2D eigenvalue weighted by molar-refractivity contribution is 7.22. The quantitative estimate of drug-likeness (QED) is 0.905. The second kappa shape index (κ2) is 5.99. The van der Waals surface area contributed by atoms with Crippen molar-refractivity contribution in [3.05, 3.63) is 18.2 Å². The molecule has 5 nitrogen and oxygen atoms in total. The summed E-state index contributed by atoms with van der Waals surface area (Å²) < 4.78 is 6.16. The molecule has 18 heavy (non-hydrogen) atoms. The number of hydrogen-bond acceptors (Lipinski definition) is 5. The fourth-order valence-electron chi connectivity index (χ4n) is 1.36. The van der Waals surface area contributed by atoms with Crippen LogP contribution in [0.5, 0.6) is 5.75 Å². The standard InChI is InChI=1S/C11H13N3O2S.ClH/c1-6(12)10(15)14-11-13-9-7(16-2)4-3-5-8(9)17-11;/h3-6H,12H2,1-2H3,(H,13,14,15);1H. The number of benzene rings is 1. The molecule has 0 aliphatic carbocycles. The van der Waals surface area contributed by atoms with E-state index in [1.807, 2.05) is 18.2 Å². The van der Waals surface area contributed by atoms with Crippen LogP contribution in [0.4, 0.5) is 5.13 Å². The fraction of sp³-hybridized carbons (Fsp3) is 0.273. The van der Waals surface area contributed by atoms with Crippen LogP contribution in [0.15, 0.2) is 18.2 Å². The van der Waals surface area contributed by atoms with Crippen LogP contribution >= 0.6 is 23.7 Å². The Labute approximate surface area is 115 Å². The van der Waals surface area contributed by atoms with Crippen molar-refractivity contribution in [3.8, 4) is 5.75 Å². The van der Waals surface area contributed by atoms with Crippen molar-refractivity contribution in [1.29, 1.82) is 0 Å². The van der Waals surface area contributed by atoms with Gasteiger partial charge in [-0.3, -0.25) is 4.79 Å². The van der Waals surface area contributed by atoms with E-state index in [4.69, 9.17) is 10.5 Å². The zero-order valence-corrected chi connectivity index (χ0v) is 11.6. The molecule has 1 aromatic carbocycles. The van der Waals surface area contributed by atoms with Gasteiger partial charge in [-0.25, -0.2) is 4.98 Å². The number of para-hydroxylation sites is 1. The Kier molecular flexibility index (Phi) is 4.89.